The fourth-order valence-electron chi connectivity index (χ4n) is 0.691. The molecule has 8 nitrogen and oxygen atoms in total. The van der Waals surface area contributed by atoms with Crippen LogP contribution in [0.4, 0.5) is 5.88 Å². The molecule has 0 amide bonds. The van der Waals surface area contributed by atoms with Gasteiger partial charge >= 0.3 is 11.9 Å². The number of hydrogen-bond acceptors (Lipinski definition) is 6. The van der Waals surface area contributed by atoms with Crippen molar-refractivity contribution < 1.29 is 24.1 Å². The van der Waals surface area contributed by atoms with Gasteiger partial charge in [0.1, 0.15) is 11.1 Å². The van der Waals surface area contributed by atoms with Crippen LogP contribution >= 0.6 is 0 Å². The number of carboxylic acids is 1. The lowest BCUT2D eigenvalue weighted by Crippen LogP contribution is -2.03. The van der Waals surface area contributed by atoms with E-state index in [1.807, 2.05) is 0 Å². The smallest absolute Gasteiger partial charge is 0.433 e. The highest BCUT2D eigenvalue weighted by Gasteiger charge is 2.10. The molecular formula is C7H6N2O6. The third kappa shape index (κ3) is 3.46. The van der Waals surface area contributed by atoms with Crippen molar-refractivity contribution in [2.75, 3.05) is 6.61 Å². The van der Waals surface area contributed by atoms with E-state index >= 15 is 0 Å². The maximum atomic E-state index is 10.2. The third-order valence-electron chi connectivity index (χ3n) is 1.24. The van der Waals surface area contributed by atoms with Gasteiger partial charge in [0, 0.05) is 0 Å². The average molecular weight is 214 g/mol. The number of rotatable bonds is 5. The van der Waals surface area contributed by atoms with E-state index in [0.29, 0.717) is 0 Å². The number of carbonyl (C=O) groups is 1. The first-order valence-electron chi connectivity index (χ1n) is 3.71. The Kier molecular flexibility index (Phi) is 3.38. The SMILES string of the molecule is O=C(O)CO/N=C/c1ccc([N+](=O)[O-])o1. The van der Waals surface area contributed by atoms with Crippen LogP contribution in [-0.2, 0) is 9.63 Å². The van der Waals surface area contributed by atoms with Crippen molar-refractivity contribution in [2.45, 2.75) is 0 Å². The van der Waals surface area contributed by atoms with Gasteiger partial charge in [-0.3, -0.25) is 10.1 Å². The summed E-state index contributed by atoms with van der Waals surface area (Å²) in [7, 11) is 0. The minimum absolute atomic E-state index is 0.104. The zero-order chi connectivity index (χ0) is 11.3. The van der Waals surface area contributed by atoms with Gasteiger partial charge in [-0.15, -0.1) is 0 Å². The Labute approximate surface area is 82.9 Å². The molecule has 1 heterocycles. The van der Waals surface area contributed by atoms with Gasteiger partial charge in [0.25, 0.3) is 0 Å². The second-order valence-corrected chi connectivity index (χ2v) is 2.33. The van der Waals surface area contributed by atoms with E-state index < -0.39 is 23.4 Å². The maximum Gasteiger partial charge on any atom is 0.433 e. The predicted molar refractivity (Wildman–Crippen MR) is 46.5 cm³/mol. The van der Waals surface area contributed by atoms with E-state index in [2.05, 4.69) is 14.4 Å². The molecule has 1 N–H and O–H groups in total. The first kappa shape index (κ1) is 10.7. The normalized spacial score (nSPS) is 10.4. The van der Waals surface area contributed by atoms with Crippen molar-refractivity contribution >= 4 is 18.1 Å². The molecule has 15 heavy (non-hydrogen) atoms. The molecular weight excluding hydrogens is 208 g/mol. The minimum Gasteiger partial charge on any atom is -0.479 e. The Bertz CT molecular complexity index is 396. The molecule has 0 saturated heterocycles. The van der Waals surface area contributed by atoms with Crippen molar-refractivity contribution in [3.63, 3.8) is 0 Å². The van der Waals surface area contributed by atoms with Crippen LogP contribution in [-0.4, -0.2) is 28.8 Å². The van der Waals surface area contributed by atoms with Crippen LogP contribution in [0, 0.1) is 10.1 Å². The van der Waals surface area contributed by atoms with Crippen molar-refractivity contribution in [1.29, 1.82) is 0 Å². The van der Waals surface area contributed by atoms with Crippen LogP contribution in [0.1, 0.15) is 5.76 Å². The van der Waals surface area contributed by atoms with Crippen LogP contribution in [0.15, 0.2) is 21.7 Å². The highest BCUT2D eigenvalue weighted by Crippen LogP contribution is 2.13. The number of furan rings is 1. The summed E-state index contributed by atoms with van der Waals surface area (Å²) in [5, 5.41) is 21.6. The maximum absolute atomic E-state index is 10.2. The Morgan fingerprint density at radius 1 is 1.73 bits per heavy atom. The summed E-state index contributed by atoms with van der Waals surface area (Å²) >= 11 is 0. The largest absolute Gasteiger partial charge is 0.479 e. The van der Waals surface area contributed by atoms with E-state index in [1.165, 1.54) is 6.07 Å². The van der Waals surface area contributed by atoms with Gasteiger partial charge in [0.05, 0.1) is 6.07 Å². The van der Waals surface area contributed by atoms with Crippen LogP contribution < -0.4 is 0 Å². The second kappa shape index (κ2) is 4.74. The van der Waals surface area contributed by atoms with E-state index in [9.17, 15) is 14.9 Å². The molecule has 0 unspecified atom stereocenters. The van der Waals surface area contributed by atoms with Gasteiger partial charge in [-0.25, -0.2) is 4.79 Å². The van der Waals surface area contributed by atoms with Crippen LogP contribution in [0.25, 0.3) is 0 Å². The lowest BCUT2D eigenvalue weighted by Gasteiger charge is -1.90. The van der Waals surface area contributed by atoms with Crippen molar-refractivity contribution in [2.24, 2.45) is 5.16 Å². The molecule has 0 aliphatic rings. The minimum atomic E-state index is -1.17. The number of aliphatic carboxylic acids is 1. The molecule has 0 bridgehead atoms. The zero-order valence-electron chi connectivity index (χ0n) is 7.32. The van der Waals surface area contributed by atoms with Gasteiger partial charge in [-0.05, 0) is 6.07 Å². The number of carboxylic acid groups (broad SMARTS) is 1. The summed E-state index contributed by atoms with van der Waals surface area (Å²) < 4.78 is 4.68. The summed E-state index contributed by atoms with van der Waals surface area (Å²) in [4.78, 5) is 23.8. The number of oxime groups is 1. The average Bonchev–Trinajstić information content (AvgIpc) is 2.60. The van der Waals surface area contributed by atoms with Gasteiger partial charge in [0.15, 0.2) is 5.76 Å². The van der Waals surface area contributed by atoms with Crippen molar-refractivity contribution in [1.82, 2.24) is 0 Å². The summed E-state index contributed by atoms with van der Waals surface area (Å²) in [6.07, 6.45) is 1.04. The fourth-order valence-corrected chi connectivity index (χ4v) is 0.691. The molecule has 0 saturated carbocycles. The van der Waals surface area contributed by atoms with E-state index in [0.717, 1.165) is 12.3 Å². The molecule has 0 fully saturated rings. The Hall–Kier alpha value is -2.38. The molecule has 0 aliphatic heterocycles. The van der Waals surface area contributed by atoms with Crippen molar-refractivity contribution in [3.8, 4) is 0 Å². The first-order valence-corrected chi connectivity index (χ1v) is 3.71. The molecule has 1 aromatic rings. The highest BCUT2D eigenvalue weighted by molar-refractivity contribution is 5.75. The molecule has 0 aromatic carbocycles. The van der Waals surface area contributed by atoms with E-state index in [4.69, 9.17) is 5.11 Å². The lowest BCUT2D eigenvalue weighted by molar-refractivity contribution is -0.402. The first-order chi connectivity index (χ1) is 7.09. The summed E-state index contributed by atoms with van der Waals surface area (Å²) in [6.45, 7) is -0.584. The molecule has 1 aromatic heterocycles. The third-order valence-corrected chi connectivity index (χ3v) is 1.24. The molecule has 0 radical (unpaired) electrons. The molecule has 0 aliphatic carbocycles. The van der Waals surface area contributed by atoms with E-state index in [1.54, 1.807) is 0 Å². The standard InChI is InChI=1S/C7H6N2O6/c10-7(11)4-14-8-3-5-1-2-6(15-5)9(12)13/h1-3H,4H2,(H,10,11)/b8-3+. The number of nitro groups is 1. The fraction of sp³-hybridized carbons (Fsp3) is 0.143. The monoisotopic (exact) mass is 214 g/mol. The Balaban J connectivity index is 2.50. The highest BCUT2D eigenvalue weighted by atomic mass is 16.7. The quantitative estimate of drug-likeness (QED) is 0.436. The van der Waals surface area contributed by atoms with Gasteiger partial charge in [0.2, 0.25) is 6.61 Å². The van der Waals surface area contributed by atoms with E-state index in [-0.39, 0.29) is 5.76 Å². The molecule has 0 atom stereocenters. The molecule has 0 spiro atoms. The number of nitrogens with zero attached hydrogens (tertiary/aromatic N) is 2. The molecule has 80 valence electrons. The van der Waals surface area contributed by atoms with Crippen molar-refractivity contribution in [3.05, 3.63) is 28.0 Å². The number of hydrogen-bond donors (Lipinski definition) is 1. The summed E-state index contributed by atoms with van der Waals surface area (Å²) in [5.74, 6) is -1.49. The molecule has 8 heteroatoms. The van der Waals surface area contributed by atoms with Gasteiger partial charge in [-0.2, -0.15) is 0 Å². The van der Waals surface area contributed by atoms with Crippen LogP contribution in [0.2, 0.25) is 0 Å². The zero-order valence-corrected chi connectivity index (χ0v) is 7.32. The van der Waals surface area contributed by atoms with Gasteiger partial charge in [-0.1, -0.05) is 5.16 Å². The summed E-state index contributed by atoms with van der Waals surface area (Å²) in [6, 6.07) is 2.46. The van der Waals surface area contributed by atoms with Crippen LogP contribution in [0.5, 0.6) is 0 Å². The Morgan fingerprint density at radius 2 is 2.47 bits per heavy atom. The second-order valence-electron chi connectivity index (χ2n) is 2.33. The Morgan fingerprint density at radius 3 is 3.00 bits per heavy atom. The van der Waals surface area contributed by atoms with Crippen LogP contribution in [0.3, 0.4) is 0 Å². The topological polar surface area (TPSA) is 115 Å². The lowest BCUT2D eigenvalue weighted by atomic mass is 10.5. The van der Waals surface area contributed by atoms with Gasteiger partial charge < -0.3 is 14.4 Å². The molecule has 1 rings (SSSR count). The summed E-state index contributed by atoms with van der Waals surface area (Å²) in [5.41, 5.74) is 0. The predicted octanol–water partition coefficient (Wildman–Crippen LogP) is 0.623.